The molecule has 122 valence electrons. The quantitative estimate of drug-likeness (QED) is 0.855. The Morgan fingerprint density at radius 1 is 1.32 bits per heavy atom. The van der Waals surface area contributed by atoms with E-state index in [2.05, 4.69) is 11.8 Å². The Kier molecular flexibility index (Phi) is 5.16. The number of carbonyl (C=O) groups excluding carboxylic acids is 1. The number of hydrogen-bond donors (Lipinski definition) is 0. The van der Waals surface area contributed by atoms with Gasteiger partial charge in [0.2, 0.25) is 5.91 Å². The Balaban J connectivity index is 1.60. The first-order chi connectivity index (χ1) is 10.7. The lowest BCUT2D eigenvalue weighted by molar-refractivity contribution is -0.132. The molecule has 2 fully saturated rings. The zero-order valence-electron chi connectivity index (χ0n) is 13.4. The minimum Gasteiger partial charge on any atom is -0.472 e. The molecule has 0 N–H and O–H groups in total. The highest BCUT2D eigenvalue weighted by Crippen LogP contribution is 2.23. The number of hydrogen-bond acceptors (Lipinski definition) is 4. The molecule has 0 aliphatic carbocycles. The van der Waals surface area contributed by atoms with Crippen LogP contribution >= 0.6 is 0 Å². The molecule has 5 heteroatoms. The van der Waals surface area contributed by atoms with Gasteiger partial charge in [0.25, 0.3) is 0 Å². The third-order valence-corrected chi connectivity index (χ3v) is 4.97. The van der Waals surface area contributed by atoms with Crippen molar-refractivity contribution < 1.29 is 13.9 Å². The van der Waals surface area contributed by atoms with Gasteiger partial charge < -0.3 is 14.1 Å². The van der Waals surface area contributed by atoms with Gasteiger partial charge in [0, 0.05) is 50.1 Å². The van der Waals surface area contributed by atoms with E-state index in [0.717, 1.165) is 45.6 Å². The number of nitrogens with zero attached hydrogens (tertiary/aromatic N) is 2. The summed E-state index contributed by atoms with van der Waals surface area (Å²) in [5.74, 6) is 0.561. The van der Waals surface area contributed by atoms with Crippen molar-refractivity contribution in [2.45, 2.75) is 38.8 Å². The van der Waals surface area contributed by atoms with Gasteiger partial charge in [-0.2, -0.15) is 0 Å². The third kappa shape index (κ3) is 3.70. The molecule has 3 rings (SSSR count). The molecule has 2 aliphatic rings. The molecule has 5 nitrogen and oxygen atoms in total. The summed E-state index contributed by atoms with van der Waals surface area (Å²) in [5.41, 5.74) is 1.18. The average molecular weight is 306 g/mol. The van der Waals surface area contributed by atoms with Crippen LogP contribution in [0.4, 0.5) is 0 Å². The summed E-state index contributed by atoms with van der Waals surface area (Å²) in [6.07, 6.45) is 6.40. The van der Waals surface area contributed by atoms with Crippen LogP contribution < -0.4 is 0 Å². The number of amides is 1. The van der Waals surface area contributed by atoms with Crippen molar-refractivity contribution in [1.29, 1.82) is 0 Å². The summed E-state index contributed by atoms with van der Waals surface area (Å²) in [6, 6.07) is 2.34. The molecule has 1 amide bonds. The maximum absolute atomic E-state index is 12.4. The molecular weight excluding hydrogens is 280 g/mol. The van der Waals surface area contributed by atoms with E-state index >= 15 is 0 Å². The van der Waals surface area contributed by atoms with E-state index in [1.807, 2.05) is 11.0 Å². The smallest absolute Gasteiger partial charge is 0.222 e. The van der Waals surface area contributed by atoms with Crippen molar-refractivity contribution >= 4 is 5.91 Å². The summed E-state index contributed by atoms with van der Waals surface area (Å²) in [5, 5.41) is 0. The summed E-state index contributed by atoms with van der Waals surface area (Å²) < 4.78 is 10.9. The zero-order chi connectivity index (χ0) is 15.4. The van der Waals surface area contributed by atoms with E-state index in [0.29, 0.717) is 25.0 Å². The van der Waals surface area contributed by atoms with E-state index < -0.39 is 0 Å². The Hall–Kier alpha value is -1.33. The fourth-order valence-corrected chi connectivity index (χ4v) is 3.45. The van der Waals surface area contributed by atoms with Gasteiger partial charge in [-0.1, -0.05) is 0 Å². The van der Waals surface area contributed by atoms with E-state index in [4.69, 9.17) is 9.15 Å². The molecule has 1 aromatic heterocycles. The molecule has 1 aromatic rings. The van der Waals surface area contributed by atoms with Gasteiger partial charge in [0.05, 0.1) is 25.7 Å². The van der Waals surface area contributed by atoms with E-state index in [-0.39, 0.29) is 5.92 Å². The maximum Gasteiger partial charge on any atom is 0.222 e. The molecule has 22 heavy (non-hydrogen) atoms. The molecule has 0 spiro atoms. The topological polar surface area (TPSA) is 45.9 Å². The minimum atomic E-state index is 0.266. The summed E-state index contributed by atoms with van der Waals surface area (Å²) in [4.78, 5) is 16.8. The number of ether oxygens (including phenoxy) is 1. The monoisotopic (exact) mass is 306 g/mol. The SMILES string of the molecule is C[C@@H]1[C@@H](CC(=O)N2CCCC2)COCCN1Cc1ccoc1. The maximum atomic E-state index is 12.4. The van der Waals surface area contributed by atoms with E-state index in [1.165, 1.54) is 5.56 Å². The van der Waals surface area contributed by atoms with Gasteiger partial charge in [0.1, 0.15) is 0 Å². The predicted molar refractivity (Wildman–Crippen MR) is 83.3 cm³/mol. The van der Waals surface area contributed by atoms with E-state index in [9.17, 15) is 4.79 Å². The highest BCUT2D eigenvalue weighted by Gasteiger charge is 2.30. The van der Waals surface area contributed by atoms with Gasteiger partial charge in [-0.05, 0) is 25.8 Å². The van der Waals surface area contributed by atoms with Crippen molar-refractivity contribution in [3.8, 4) is 0 Å². The number of rotatable bonds is 4. The van der Waals surface area contributed by atoms with Crippen LogP contribution in [0.15, 0.2) is 23.0 Å². The number of carbonyl (C=O) groups is 1. The Labute approximate surface area is 132 Å². The standard InChI is InChI=1S/C17H26N2O3/c1-14-16(10-17(20)18-5-2-3-6-18)13-22-9-7-19(14)11-15-4-8-21-12-15/h4,8,12,14,16H,2-3,5-7,9-11,13H2,1H3/t14-,16+/m1/s1. The first-order valence-electron chi connectivity index (χ1n) is 8.34. The lowest BCUT2D eigenvalue weighted by atomic mass is 9.96. The molecule has 0 aromatic carbocycles. The van der Waals surface area contributed by atoms with Crippen LogP contribution in [0.3, 0.4) is 0 Å². The summed E-state index contributed by atoms with van der Waals surface area (Å²) in [6.45, 7) is 7.26. The Bertz CT molecular complexity index is 468. The molecule has 0 radical (unpaired) electrons. The lowest BCUT2D eigenvalue weighted by Crippen LogP contribution is -2.41. The van der Waals surface area contributed by atoms with Gasteiger partial charge in [-0.25, -0.2) is 0 Å². The molecule has 0 saturated carbocycles. The van der Waals surface area contributed by atoms with Crippen LogP contribution in [0, 0.1) is 5.92 Å². The van der Waals surface area contributed by atoms with Crippen molar-refractivity contribution in [3.05, 3.63) is 24.2 Å². The zero-order valence-corrected chi connectivity index (χ0v) is 13.4. The fourth-order valence-electron chi connectivity index (χ4n) is 3.45. The second kappa shape index (κ2) is 7.29. The van der Waals surface area contributed by atoms with Gasteiger partial charge >= 0.3 is 0 Å². The Morgan fingerprint density at radius 3 is 2.86 bits per heavy atom. The van der Waals surface area contributed by atoms with E-state index in [1.54, 1.807) is 12.5 Å². The number of likely N-dealkylation sites (tertiary alicyclic amines) is 1. The van der Waals surface area contributed by atoms with Crippen molar-refractivity contribution in [2.24, 2.45) is 5.92 Å². The minimum absolute atomic E-state index is 0.266. The van der Waals surface area contributed by atoms with Gasteiger partial charge in [-0.3, -0.25) is 9.69 Å². The molecule has 0 unspecified atom stereocenters. The molecule has 2 saturated heterocycles. The van der Waals surface area contributed by atoms with Crippen molar-refractivity contribution in [3.63, 3.8) is 0 Å². The average Bonchev–Trinajstić information content (AvgIpc) is 3.18. The first kappa shape index (κ1) is 15.6. The fraction of sp³-hybridized carbons (Fsp3) is 0.706. The summed E-state index contributed by atoms with van der Waals surface area (Å²) >= 11 is 0. The lowest BCUT2D eigenvalue weighted by Gasteiger charge is -2.31. The van der Waals surface area contributed by atoms with Crippen molar-refractivity contribution in [2.75, 3.05) is 32.8 Å². The molecular formula is C17H26N2O3. The van der Waals surface area contributed by atoms with Crippen LogP contribution in [0.25, 0.3) is 0 Å². The van der Waals surface area contributed by atoms with Crippen LogP contribution in [-0.4, -0.2) is 54.6 Å². The Morgan fingerprint density at radius 2 is 2.14 bits per heavy atom. The van der Waals surface area contributed by atoms with Crippen LogP contribution in [0.5, 0.6) is 0 Å². The third-order valence-electron chi connectivity index (χ3n) is 4.97. The van der Waals surface area contributed by atoms with Crippen LogP contribution in [0.2, 0.25) is 0 Å². The molecule has 2 atom stereocenters. The highest BCUT2D eigenvalue weighted by molar-refractivity contribution is 5.76. The summed E-state index contributed by atoms with van der Waals surface area (Å²) in [7, 11) is 0. The second-order valence-corrected chi connectivity index (χ2v) is 6.47. The highest BCUT2D eigenvalue weighted by atomic mass is 16.5. The molecule has 0 bridgehead atoms. The molecule has 2 aliphatic heterocycles. The van der Waals surface area contributed by atoms with Crippen molar-refractivity contribution in [1.82, 2.24) is 9.80 Å². The van der Waals surface area contributed by atoms with Crippen LogP contribution in [0.1, 0.15) is 31.7 Å². The normalized spacial score (nSPS) is 27.0. The second-order valence-electron chi connectivity index (χ2n) is 6.47. The van der Waals surface area contributed by atoms with Crippen LogP contribution in [-0.2, 0) is 16.1 Å². The first-order valence-corrected chi connectivity index (χ1v) is 8.34. The largest absolute Gasteiger partial charge is 0.472 e. The number of furan rings is 1. The van der Waals surface area contributed by atoms with Gasteiger partial charge in [0.15, 0.2) is 0 Å². The predicted octanol–water partition coefficient (Wildman–Crippen LogP) is 2.13. The van der Waals surface area contributed by atoms with Gasteiger partial charge in [-0.15, -0.1) is 0 Å². The molecule has 3 heterocycles.